The quantitative estimate of drug-likeness (QED) is 0.381. The number of rotatable bonds is 5. The summed E-state index contributed by atoms with van der Waals surface area (Å²) in [4.78, 5) is 0. The fourth-order valence-electron chi connectivity index (χ4n) is 2.73. The first kappa shape index (κ1) is 18.7. The van der Waals surface area contributed by atoms with Crippen molar-refractivity contribution in [1.82, 2.24) is 20.2 Å². The highest BCUT2D eigenvalue weighted by Gasteiger charge is 2.17. The smallest absolute Gasteiger partial charge is 0.183 e. The molecule has 0 bridgehead atoms. The largest absolute Gasteiger partial charge is 0.457 e. The van der Waals surface area contributed by atoms with E-state index in [1.54, 1.807) is 22.9 Å². The van der Waals surface area contributed by atoms with Crippen LogP contribution < -0.4 is 4.74 Å². The number of ether oxygens (including phenoxy) is 1. The van der Waals surface area contributed by atoms with Crippen molar-refractivity contribution in [3.05, 3.63) is 87.4 Å². The number of tetrazole rings is 1. The molecule has 0 aliphatic rings. The highest BCUT2D eigenvalue weighted by molar-refractivity contribution is 6.43. The SMILES string of the molecule is Clc1cccc(-c2nnnn2Cc2c(Cl)cccc2Oc2ccccc2)c1Cl. The molecule has 4 rings (SSSR count). The Balaban J connectivity index is 1.72. The van der Waals surface area contributed by atoms with Gasteiger partial charge < -0.3 is 4.74 Å². The summed E-state index contributed by atoms with van der Waals surface area (Å²) in [6.07, 6.45) is 0. The summed E-state index contributed by atoms with van der Waals surface area (Å²) in [5.74, 6) is 1.82. The van der Waals surface area contributed by atoms with Gasteiger partial charge in [-0.05, 0) is 46.8 Å². The number of nitrogens with zero attached hydrogens (tertiary/aromatic N) is 4. The first-order valence-corrected chi connectivity index (χ1v) is 9.47. The summed E-state index contributed by atoms with van der Waals surface area (Å²) in [5, 5.41) is 13.3. The topological polar surface area (TPSA) is 52.8 Å². The summed E-state index contributed by atoms with van der Waals surface area (Å²) >= 11 is 18.9. The first-order valence-electron chi connectivity index (χ1n) is 8.34. The summed E-state index contributed by atoms with van der Waals surface area (Å²) < 4.78 is 7.62. The predicted octanol–water partition coefficient (Wildman–Crippen LogP) is 6.14. The Morgan fingerprint density at radius 3 is 2.39 bits per heavy atom. The normalized spacial score (nSPS) is 10.8. The highest BCUT2D eigenvalue weighted by atomic mass is 35.5. The minimum Gasteiger partial charge on any atom is -0.457 e. The van der Waals surface area contributed by atoms with E-state index in [1.165, 1.54) is 0 Å². The van der Waals surface area contributed by atoms with Gasteiger partial charge in [0.25, 0.3) is 0 Å². The van der Waals surface area contributed by atoms with Gasteiger partial charge in [0, 0.05) is 16.1 Å². The molecule has 4 aromatic rings. The Morgan fingerprint density at radius 2 is 1.57 bits per heavy atom. The Labute approximate surface area is 176 Å². The van der Waals surface area contributed by atoms with Crippen LogP contribution in [0, 0.1) is 0 Å². The van der Waals surface area contributed by atoms with Gasteiger partial charge in [-0.2, -0.15) is 0 Å². The van der Waals surface area contributed by atoms with E-state index in [-0.39, 0.29) is 0 Å². The third-order valence-corrected chi connectivity index (χ3v) is 5.25. The van der Waals surface area contributed by atoms with Gasteiger partial charge in [0.05, 0.1) is 16.6 Å². The summed E-state index contributed by atoms with van der Waals surface area (Å²) in [6.45, 7) is 0.299. The predicted molar refractivity (Wildman–Crippen MR) is 110 cm³/mol. The van der Waals surface area contributed by atoms with Crippen molar-refractivity contribution < 1.29 is 4.74 Å². The molecular weight excluding hydrogens is 419 g/mol. The van der Waals surface area contributed by atoms with Crippen LogP contribution in [-0.2, 0) is 6.54 Å². The van der Waals surface area contributed by atoms with E-state index >= 15 is 0 Å². The van der Waals surface area contributed by atoms with Crippen molar-refractivity contribution >= 4 is 34.8 Å². The van der Waals surface area contributed by atoms with Gasteiger partial charge >= 0.3 is 0 Å². The molecule has 0 aliphatic heterocycles. The second-order valence-electron chi connectivity index (χ2n) is 5.89. The monoisotopic (exact) mass is 430 g/mol. The lowest BCUT2D eigenvalue weighted by atomic mass is 10.1. The standard InChI is InChI=1S/C20H13Cl3N4O/c21-16-9-5-11-18(28-13-6-2-1-3-7-13)15(16)12-27-20(24-25-26-27)14-8-4-10-17(22)19(14)23/h1-11H,12H2. The summed E-state index contributed by atoms with van der Waals surface area (Å²) in [5.41, 5.74) is 1.39. The van der Waals surface area contributed by atoms with Gasteiger partial charge in [-0.1, -0.05) is 65.1 Å². The van der Waals surface area contributed by atoms with E-state index in [9.17, 15) is 0 Å². The molecule has 3 aromatic carbocycles. The third-order valence-electron chi connectivity index (χ3n) is 4.08. The van der Waals surface area contributed by atoms with Crippen molar-refractivity contribution in [2.24, 2.45) is 0 Å². The average molecular weight is 432 g/mol. The molecule has 140 valence electrons. The van der Waals surface area contributed by atoms with Crippen LogP contribution in [0.2, 0.25) is 15.1 Å². The Hall–Kier alpha value is -2.60. The highest BCUT2D eigenvalue weighted by Crippen LogP contribution is 2.34. The van der Waals surface area contributed by atoms with E-state index < -0.39 is 0 Å². The number of aromatic nitrogens is 4. The molecule has 8 heteroatoms. The molecule has 0 fully saturated rings. The van der Waals surface area contributed by atoms with Gasteiger partial charge in [0.1, 0.15) is 11.5 Å². The van der Waals surface area contributed by atoms with E-state index in [4.69, 9.17) is 39.5 Å². The maximum absolute atomic E-state index is 6.46. The van der Waals surface area contributed by atoms with Crippen molar-refractivity contribution in [2.75, 3.05) is 0 Å². The Bertz CT molecular complexity index is 1120. The zero-order valence-electron chi connectivity index (χ0n) is 14.4. The Kier molecular flexibility index (Phi) is 5.48. The van der Waals surface area contributed by atoms with Crippen molar-refractivity contribution in [1.29, 1.82) is 0 Å². The maximum Gasteiger partial charge on any atom is 0.183 e. The lowest BCUT2D eigenvalue weighted by Crippen LogP contribution is -2.06. The number of hydrogen-bond donors (Lipinski definition) is 0. The summed E-state index contributed by atoms with van der Waals surface area (Å²) in [7, 11) is 0. The average Bonchev–Trinajstić information content (AvgIpc) is 3.15. The molecule has 1 heterocycles. The molecule has 0 saturated carbocycles. The molecule has 0 N–H and O–H groups in total. The molecule has 0 saturated heterocycles. The number of hydrogen-bond acceptors (Lipinski definition) is 4. The lowest BCUT2D eigenvalue weighted by molar-refractivity contribution is 0.471. The zero-order chi connectivity index (χ0) is 19.5. The second-order valence-corrected chi connectivity index (χ2v) is 7.09. The van der Waals surface area contributed by atoms with Crippen LogP contribution in [0.4, 0.5) is 0 Å². The number of benzene rings is 3. The molecule has 28 heavy (non-hydrogen) atoms. The van der Waals surface area contributed by atoms with Crippen molar-refractivity contribution in [2.45, 2.75) is 6.54 Å². The van der Waals surface area contributed by atoms with Crippen LogP contribution in [0.1, 0.15) is 5.56 Å². The molecular formula is C20H13Cl3N4O. The molecule has 5 nitrogen and oxygen atoms in total. The van der Waals surface area contributed by atoms with E-state index in [0.717, 1.165) is 5.56 Å². The van der Waals surface area contributed by atoms with Gasteiger partial charge in [0.2, 0.25) is 0 Å². The van der Waals surface area contributed by atoms with Crippen LogP contribution >= 0.6 is 34.8 Å². The van der Waals surface area contributed by atoms with Crippen LogP contribution in [0.5, 0.6) is 11.5 Å². The zero-order valence-corrected chi connectivity index (χ0v) is 16.7. The van der Waals surface area contributed by atoms with Crippen LogP contribution in [-0.4, -0.2) is 20.2 Å². The third kappa shape index (κ3) is 3.83. The number of para-hydroxylation sites is 1. The molecule has 0 unspecified atom stereocenters. The molecule has 0 radical (unpaired) electrons. The summed E-state index contributed by atoms with van der Waals surface area (Å²) in [6, 6.07) is 20.3. The minimum absolute atomic E-state index is 0.299. The maximum atomic E-state index is 6.46. The minimum atomic E-state index is 0.299. The van der Waals surface area contributed by atoms with Gasteiger partial charge in [-0.15, -0.1) is 5.10 Å². The van der Waals surface area contributed by atoms with Crippen LogP contribution in [0.25, 0.3) is 11.4 Å². The van der Waals surface area contributed by atoms with E-state index in [2.05, 4.69) is 15.5 Å². The van der Waals surface area contributed by atoms with Crippen LogP contribution in [0.15, 0.2) is 66.7 Å². The molecule has 0 spiro atoms. The van der Waals surface area contributed by atoms with Gasteiger partial charge in [-0.25, -0.2) is 4.68 Å². The van der Waals surface area contributed by atoms with Gasteiger partial charge in [-0.3, -0.25) is 0 Å². The van der Waals surface area contributed by atoms with E-state index in [0.29, 0.717) is 44.5 Å². The van der Waals surface area contributed by atoms with E-state index in [1.807, 2.05) is 48.5 Å². The Morgan fingerprint density at radius 1 is 0.821 bits per heavy atom. The van der Waals surface area contributed by atoms with Crippen molar-refractivity contribution in [3.63, 3.8) is 0 Å². The molecule has 0 amide bonds. The second kappa shape index (κ2) is 8.19. The van der Waals surface area contributed by atoms with Crippen molar-refractivity contribution in [3.8, 4) is 22.9 Å². The molecule has 1 aromatic heterocycles. The molecule has 0 aliphatic carbocycles. The number of halogens is 3. The first-order chi connectivity index (χ1) is 13.6. The van der Waals surface area contributed by atoms with Gasteiger partial charge in [0.15, 0.2) is 5.82 Å². The fraction of sp³-hybridized carbons (Fsp3) is 0.0500. The van der Waals surface area contributed by atoms with Crippen LogP contribution in [0.3, 0.4) is 0 Å². The molecule has 0 atom stereocenters. The fourth-order valence-corrected chi connectivity index (χ4v) is 3.34. The lowest BCUT2D eigenvalue weighted by Gasteiger charge is -2.14.